The van der Waals surface area contributed by atoms with Gasteiger partial charge in [0.2, 0.25) is 0 Å². The molecule has 0 radical (unpaired) electrons. The van der Waals surface area contributed by atoms with Crippen molar-refractivity contribution in [2.45, 2.75) is 6.54 Å². The van der Waals surface area contributed by atoms with E-state index in [1.807, 2.05) is 53.9 Å². The Balaban J connectivity index is 1.47. The van der Waals surface area contributed by atoms with Crippen molar-refractivity contribution in [3.63, 3.8) is 0 Å². The van der Waals surface area contributed by atoms with Crippen LogP contribution >= 0.6 is 11.3 Å². The summed E-state index contributed by atoms with van der Waals surface area (Å²) in [7, 11) is 1.63. The number of carbonyl (C=O) groups excluding carboxylic acids is 1. The van der Waals surface area contributed by atoms with E-state index in [9.17, 15) is 4.79 Å². The summed E-state index contributed by atoms with van der Waals surface area (Å²) in [6.07, 6.45) is 1.61. The predicted molar refractivity (Wildman–Crippen MR) is 114 cm³/mol. The van der Waals surface area contributed by atoms with E-state index < -0.39 is 0 Å². The van der Waals surface area contributed by atoms with Gasteiger partial charge in [-0.2, -0.15) is 0 Å². The molecular weight excluding hydrogens is 386 g/mol. The number of rotatable bonds is 6. The van der Waals surface area contributed by atoms with Gasteiger partial charge in [0.1, 0.15) is 5.75 Å². The summed E-state index contributed by atoms with van der Waals surface area (Å²) in [4.78, 5) is 13.7. The van der Waals surface area contributed by atoms with Crippen molar-refractivity contribution in [3.05, 3.63) is 77.4 Å². The van der Waals surface area contributed by atoms with Crippen LogP contribution in [0.4, 0.5) is 11.4 Å². The van der Waals surface area contributed by atoms with Crippen LogP contribution in [0.1, 0.15) is 16.1 Å². The third kappa shape index (κ3) is 4.27. The largest absolute Gasteiger partial charge is 0.497 e. The monoisotopic (exact) mass is 405 g/mol. The van der Waals surface area contributed by atoms with E-state index in [0.29, 0.717) is 17.9 Å². The number of nitrogens with zero attached hydrogens (tertiary/aromatic N) is 3. The Hall–Kier alpha value is -3.65. The number of anilines is 2. The zero-order valence-corrected chi connectivity index (χ0v) is 16.5. The Morgan fingerprint density at radius 2 is 2.03 bits per heavy atom. The Labute approximate surface area is 171 Å². The number of amides is 1. The highest BCUT2D eigenvalue weighted by atomic mass is 32.1. The molecule has 7 nitrogen and oxygen atoms in total. The Morgan fingerprint density at radius 1 is 1.21 bits per heavy atom. The number of ether oxygens (including phenoxy) is 1. The van der Waals surface area contributed by atoms with Gasteiger partial charge in [-0.15, -0.1) is 16.4 Å². The van der Waals surface area contributed by atoms with Gasteiger partial charge in [0, 0.05) is 4.88 Å². The number of aromatic nitrogens is 3. The number of hydrogen-bond donors (Lipinski definition) is 2. The molecule has 146 valence electrons. The molecule has 2 aromatic carbocycles. The van der Waals surface area contributed by atoms with Crippen molar-refractivity contribution in [1.82, 2.24) is 15.0 Å². The molecule has 4 rings (SSSR count). The standard InChI is InChI=1S/C21H19N5O2S/c1-28-16-7-4-14(5-8-16)12-26-13-19(24-25-26)21(27)23-18-11-15(6-9-17(18)22)20-3-2-10-29-20/h2-11,13H,12,22H2,1H3,(H,23,27). The molecule has 0 unspecified atom stereocenters. The van der Waals surface area contributed by atoms with Crippen molar-refractivity contribution in [2.24, 2.45) is 0 Å². The lowest BCUT2D eigenvalue weighted by molar-refractivity contribution is 0.102. The average molecular weight is 405 g/mol. The van der Waals surface area contributed by atoms with E-state index in [1.54, 1.807) is 35.4 Å². The molecule has 0 bridgehead atoms. The second kappa shape index (κ2) is 8.15. The molecule has 2 heterocycles. The van der Waals surface area contributed by atoms with Crippen LogP contribution in [0.25, 0.3) is 10.4 Å². The van der Waals surface area contributed by atoms with Gasteiger partial charge in [-0.25, -0.2) is 4.68 Å². The maximum atomic E-state index is 12.6. The number of nitrogens with two attached hydrogens (primary N) is 1. The van der Waals surface area contributed by atoms with Crippen molar-refractivity contribution >= 4 is 28.6 Å². The lowest BCUT2D eigenvalue weighted by Crippen LogP contribution is -2.13. The highest BCUT2D eigenvalue weighted by Crippen LogP contribution is 2.30. The summed E-state index contributed by atoms with van der Waals surface area (Å²) in [5.41, 5.74) is 9.31. The smallest absolute Gasteiger partial charge is 0.277 e. The van der Waals surface area contributed by atoms with Crippen LogP contribution in [0.5, 0.6) is 5.75 Å². The average Bonchev–Trinajstić information content (AvgIpc) is 3.42. The second-order valence-corrected chi connectivity index (χ2v) is 7.33. The fourth-order valence-electron chi connectivity index (χ4n) is 2.84. The molecule has 0 aliphatic heterocycles. The third-order valence-electron chi connectivity index (χ3n) is 4.38. The molecule has 0 saturated heterocycles. The van der Waals surface area contributed by atoms with Gasteiger partial charge >= 0.3 is 0 Å². The number of benzene rings is 2. The van der Waals surface area contributed by atoms with E-state index in [4.69, 9.17) is 10.5 Å². The minimum absolute atomic E-state index is 0.222. The molecule has 0 spiro atoms. The lowest BCUT2D eigenvalue weighted by atomic mass is 10.1. The van der Waals surface area contributed by atoms with Crippen LogP contribution in [0, 0.1) is 0 Å². The van der Waals surface area contributed by atoms with Crippen LogP contribution in [-0.2, 0) is 6.54 Å². The van der Waals surface area contributed by atoms with E-state index in [0.717, 1.165) is 21.8 Å². The topological polar surface area (TPSA) is 95.1 Å². The summed E-state index contributed by atoms with van der Waals surface area (Å²) in [6.45, 7) is 0.500. The van der Waals surface area contributed by atoms with Gasteiger partial charge in [0.25, 0.3) is 5.91 Å². The van der Waals surface area contributed by atoms with E-state index in [-0.39, 0.29) is 11.6 Å². The maximum Gasteiger partial charge on any atom is 0.277 e. The number of thiophene rings is 1. The van der Waals surface area contributed by atoms with Gasteiger partial charge in [-0.3, -0.25) is 4.79 Å². The third-order valence-corrected chi connectivity index (χ3v) is 5.30. The van der Waals surface area contributed by atoms with Gasteiger partial charge in [0.15, 0.2) is 5.69 Å². The fraction of sp³-hybridized carbons (Fsp3) is 0.0952. The minimum Gasteiger partial charge on any atom is -0.497 e. The first-order valence-electron chi connectivity index (χ1n) is 8.90. The van der Waals surface area contributed by atoms with Gasteiger partial charge < -0.3 is 15.8 Å². The van der Waals surface area contributed by atoms with E-state index in [2.05, 4.69) is 15.6 Å². The zero-order valence-electron chi connectivity index (χ0n) is 15.7. The molecule has 3 N–H and O–H groups in total. The number of nitrogen functional groups attached to an aromatic ring is 1. The Bertz CT molecular complexity index is 1120. The normalized spacial score (nSPS) is 10.7. The van der Waals surface area contributed by atoms with Gasteiger partial charge in [-0.05, 0) is 46.8 Å². The van der Waals surface area contributed by atoms with Crippen molar-refractivity contribution in [2.75, 3.05) is 18.2 Å². The molecule has 2 aromatic heterocycles. The highest BCUT2D eigenvalue weighted by Gasteiger charge is 2.14. The zero-order chi connectivity index (χ0) is 20.2. The molecule has 8 heteroatoms. The number of nitrogens with one attached hydrogen (secondary N) is 1. The second-order valence-electron chi connectivity index (χ2n) is 6.38. The van der Waals surface area contributed by atoms with Crippen molar-refractivity contribution < 1.29 is 9.53 Å². The number of methoxy groups -OCH3 is 1. The van der Waals surface area contributed by atoms with Crippen molar-refractivity contribution in [1.29, 1.82) is 0 Å². The lowest BCUT2D eigenvalue weighted by Gasteiger charge is -2.08. The van der Waals surface area contributed by atoms with E-state index in [1.165, 1.54) is 0 Å². The molecule has 0 aliphatic rings. The molecule has 4 aromatic rings. The van der Waals surface area contributed by atoms with Crippen LogP contribution in [0.2, 0.25) is 0 Å². The van der Waals surface area contributed by atoms with E-state index >= 15 is 0 Å². The summed E-state index contributed by atoms with van der Waals surface area (Å²) >= 11 is 1.63. The summed E-state index contributed by atoms with van der Waals surface area (Å²) in [5, 5.41) is 12.9. The Morgan fingerprint density at radius 3 is 2.76 bits per heavy atom. The SMILES string of the molecule is COc1ccc(Cn2cc(C(=O)Nc3cc(-c4cccs4)ccc3N)nn2)cc1. The molecule has 0 fully saturated rings. The molecular formula is C21H19N5O2S. The predicted octanol–water partition coefficient (Wildman–Crippen LogP) is 3.90. The van der Waals surface area contributed by atoms with Crippen LogP contribution < -0.4 is 15.8 Å². The first-order chi connectivity index (χ1) is 14.1. The molecule has 0 aliphatic carbocycles. The number of hydrogen-bond acceptors (Lipinski definition) is 6. The molecule has 1 amide bonds. The first kappa shape index (κ1) is 18.7. The molecule has 0 atom stereocenters. The summed E-state index contributed by atoms with van der Waals surface area (Å²) < 4.78 is 6.77. The number of carbonyl (C=O) groups is 1. The van der Waals surface area contributed by atoms with Gasteiger partial charge in [0.05, 0.1) is 31.2 Å². The van der Waals surface area contributed by atoms with Crippen LogP contribution in [0.15, 0.2) is 66.2 Å². The van der Waals surface area contributed by atoms with Crippen LogP contribution in [0.3, 0.4) is 0 Å². The molecule has 0 saturated carbocycles. The summed E-state index contributed by atoms with van der Waals surface area (Å²) in [5.74, 6) is 0.427. The van der Waals surface area contributed by atoms with Crippen LogP contribution in [-0.4, -0.2) is 28.0 Å². The minimum atomic E-state index is -0.360. The quantitative estimate of drug-likeness (QED) is 0.475. The van der Waals surface area contributed by atoms with Gasteiger partial charge in [-0.1, -0.05) is 29.5 Å². The maximum absolute atomic E-state index is 12.6. The fourth-order valence-corrected chi connectivity index (χ4v) is 3.57. The Kier molecular flexibility index (Phi) is 5.26. The first-order valence-corrected chi connectivity index (χ1v) is 9.78. The summed E-state index contributed by atoms with van der Waals surface area (Å²) in [6, 6.07) is 17.2. The highest BCUT2D eigenvalue weighted by molar-refractivity contribution is 7.13. The molecule has 29 heavy (non-hydrogen) atoms. The van der Waals surface area contributed by atoms with Crippen molar-refractivity contribution in [3.8, 4) is 16.2 Å².